The van der Waals surface area contributed by atoms with Gasteiger partial charge in [-0.05, 0) is 45.9 Å². The van der Waals surface area contributed by atoms with Crippen LogP contribution in [0.3, 0.4) is 0 Å². The predicted octanol–water partition coefficient (Wildman–Crippen LogP) is 2.81. The molecule has 0 aliphatic carbocycles. The summed E-state index contributed by atoms with van der Waals surface area (Å²) in [5, 5.41) is 2.98. The first-order chi connectivity index (χ1) is 9.64. The van der Waals surface area contributed by atoms with Gasteiger partial charge in [-0.25, -0.2) is 4.79 Å². The lowest BCUT2D eigenvalue weighted by molar-refractivity contribution is -0.156. The number of benzene rings is 1. The van der Waals surface area contributed by atoms with Crippen LogP contribution in [0.4, 0.5) is 0 Å². The summed E-state index contributed by atoms with van der Waals surface area (Å²) >= 11 is 5.88. The molecule has 1 atom stereocenters. The fraction of sp³-hybridized carbons (Fsp3) is 0.467. The predicted molar refractivity (Wildman–Crippen MR) is 80.8 cm³/mol. The van der Waals surface area contributed by atoms with Gasteiger partial charge in [-0.15, -0.1) is 0 Å². The Hall–Kier alpha value is -1.75. The Kier molecular flexibility index (Phi) is 5.61. The van der Waals surface area contributed by atoms with Crippen molar-refractivity contribution in [1.29, 1.82) is 0 Å². The lowest BCUT2D eigenvalue weighted by Crippen LogP contribution is -2.42. The standard InChI is InChI=1S/C15H20ClNO4/c1-9(14(19)21-15(2,3)4)17-13(18)11-8-10(16)6-7-12(11)20-5/h6-9H,1-5H3,(H,17,18)/t9-/m0/s1. The van der Waals surface area contributed by atoms with Crippen molar-refractivity contribution in [3.8, 4) is 5.75 Å². The molecule has 0 spiro atoms. The van der Waals surface area contributed by atoms with Crippen molar-refractivity contribution in [2.45, 2.75) is 39.3 Å². The van der Waals surface area contributed by atoms with E-state index in [0.29, 0.717) is 10.8 Å². The summed E-state index contributed by atoms with van der Waals surface area (Å²) in [5.41, 5.74) is -0.343. The first-order valence-electron chi connectivity index (χ1n) is 6.51. The number of rotatable bonds is 4. The molecule has 5 nitrogen and oxygen atoms in total. The molecule has 0 heterocycles. The summed E-state index contributed by atoms with van der Waals surface area (Å²) in [7, 11) is 1.46. The third-order valence-corrected chi connectivity index (χ3v) is 2.75. The largest absolute Gasteiger partial charge is 0.496 e. The average molecular weight is 314 g/mol. The van der Waals surface area contributed by atoms with Crippen molar-refractivity contribution in [2.75, 3.05) is 7.11 Å². The van der Waals surface area contributed by atoms with Gasteiger partial charge in [0.1, 0.15) is 17.4 Å². The highest BCUT2D eigenvalue weighted by atomic mass is 35.5. The Morgan fingerprint density at radius 3 is 2.43 bits per heavy atom. The van der Waals surface area contributed by atoms with Gasteiger partial charge in [0.2, 0.25) is 0 Å². The summed E-state index contributed by atoms with van der Waals surface area (Å²) in [5.74, 6) is -0.571. The second kappa shape index (κ2) is 6.80. The van der Waals surface area contributed by atoms with Gasteiger partial charge in [0, 0.05) is 5.02 Å². The van der Waals surface area contributed by atoms with E-state index in [-0.39, 0.29) is 5.56 Å². The molecule has 6 heteroatoms. The number of nitrogens with one attached hydrogen (secondary N) is 1. The van der Waals surface area contributed by atoms with Crippen LogP contribution in [-0.4, -0.2) is 30.6 Å². The van der Waals surface area contributed by atoms with E-state index < -0.39 is 23.5 Å². The molecule has 0 radical (unpaired) electrons. The number of esters is 1. The van der Waals surface area contributed by atoms with Gasteiger partial charge in [-0.1, -0.05) is 11.6 Å². The lowest BCUT2D eigenvalue weighted by atomic mass is 10.1. The highest BCUT2D eigenvalue weighted by Crippen LogP contribution is 2.22. The third-order valence-electron chi connectivity index (χ3n) is 2.51. The molecule has 1 N–H and O–H groups in total. The maximum Gasteiger partial charge on any atom is 0.328 e. The fourth-order valence-electron chi connectivity index (χ4n) is 1.58. The average Bonchev–Trinajstić information content (AvgIpc) is 2.36. The minimum Gasteiger partial charge on any atom is -0.496 e. The molecule has 0 bridgehead atoms. The monoisotopic (exact) mass is 313 g/mol. The number of hydrogen-bond donors (Lipinski definition) is 1. The zero-order valence-electron chi connectivity index (χ0n) is 12.8. The zero-order chi connectivity index (χ0) is 16.2. The number of amides is 1. The summed E-state index contributed by atoms with van der Waals surface area (Å²) in [6.07, 6.45) is 0. The molecule has 0 aliphatic heterocycles. The van der Waals surface area contributed by atoms with Crippen molar-refractivity contribution in [3.63, 3.8) is 0 Å². The topological polar surface area (TPSA) is 64.6 Å². The first-order valence-corrected chi connectivity index (χ1v) is 6.89. The maximum atomic E-state index is 12.2. The normalized spacial score (nSPS) is 12.5. The third kappa shape index (κ3) is 5.27. The molecule has 0 unspecified atom stereocenters. The van der Waals surface area contributed by atoms with Gasteiger partial charge in [0.15, 0.2) is 0 Å². The fourth-order valence-corrected chi connectivity index (χ4v) is 1.75. The Balaban J connectivity index is 2.81. The highest BCUT2D eigenvalue weighted by molar-refractivity contribution is 6.31. The van der Waals surface area contributed by atoms with Crippen LogP contribution in [-0.2, 0) is 9.53 Å². The van der Waals surface area contributed by atoms with Crippen LogP contribution in [0, 0.1) is 0 Å². The molecular weight excluding hydrogens is 294 g/mol. The Bertz CT molecular complexity index is 537. The molecule has 1 amide bonds. The van der Waals surface area contributed by atoms with Crippen molar-refractivity contribution >= 4 is 23.5 Å². The summed E-state index contributed by atoms with van der Waals surface area (Å²) in [6, 6.07) is 3.92. The number of halogens is 1. The molecule has 1 aromatic rings. The Morgan fingerprint density at radius 1 is 1.29 bits per heavy atom. The molecular formula is C15H20ClNO4. The minimum absolute atomic E-state index is 0.264. The lowest BCUT2D eigenvalue weighted by Gasteiger charge is -2.22. The van der Waals surface area contributed by atoms with Gasteiger partial charge in [-0.3, -0.25) is 4.79 Å². The molecule has 116 valence electrons. The smallest absolute Gasteiger partial charge is 0.328 e. The summed E-state index contributed by atoms with van der Waals surface area (Å²) < 4.78 is 10.3. The molecule has 21 heavy (non-hydrogen) atoms. The van der Waals surface area contributed by atoms with Crippen LogP contribution in [0.25, 0.3) is 0 Å². The molecule has 1 rings (SSSR count). The van der Waals surface area contributed by atoms with Gasteiger partial charge in [-0.2, -0.15) is 0 Å². The van der Waals surface area contributed by atoms with E-state index in [1.807, 2.05) is 0 Å². The Labute approximate surface area is 129 Å². The van der Waals surface area contributed by atoms with Gasteiger partial charge >= 0.3 is 5.97 Å². The SMILES string of the molecule is COc1ccc(Cl)cc1C(=O)N[C@@H](C)C(=O)OC(C)(C)C. The molecule has 1 aromatic carbocycles. The van der Waals surface area contributed by atoms with E-state index in [4.69, 9.17) is 21.1 Å². The maximum absolute atomic E-state index is 12.2. The van der Waals surface area contributed by atoms with Gasteiger partial charge < -0.3 is 14.8 Å². The number of ether oxygens (including phenoxy) is 2. The van der Waals surface area contributed by atoms with Crippen molar-refractivity contribution in [3.05, 3.63) is 28.8 Å². The van der Waals surface area contributed by atoms with Crippen LogP contribution in [0.2, 0.25) is 5.02 Å². The molecule has 0 aliphatic rings. The van der Waals surface area contributed by atoms with Crippen molar-refractivity contribution < 1.29 is 19.1 Å². The molecule has 0 saturated heterocycles. The van der Waals surface area contributed by atoms with Crippen LogP contribution in [0.1, 0.15) is 38.1 Å². The van der Waals surface area contributed by atoms with Crippen molar-refractivity contribution in [2.24, 2.45) is 0 Å². The quantitative estimate of drug-likeness (QED) is 0.868. The van der Waals surface area contributed by atoms with E-state index in [2.05, 4.69) is 5.32 Å². The Morgan fingerprint density at radius 2 is 1.90 bits per heavy atom. The molecule has 0 aromatic heterocycles. The number of carbonyl (C=O) groups excluding carboxylic acids is 2. The molecule has 0 saturated carbocycles. The first kappa shape index (κ1) is 17.3. The number of hydrogen-bond acceptors (Lipinski definition) is 4. The van der Waals surface area contributed by atoms with Crippen LogP contribution in [0.5, 0.6) is 5.75 Å². The second-order valence-corrected chi connectivity index (χ2v) is 6.01. The van der Waals surface area contributed by atoms with E-state index in [9.17, 15) is 9.59 Å². The van der Waals surface area contributed by atoms with Crippen LogP contribution in [0.15, 0.2) is 18.2 Å². The van der Waals surface area contributed by atoms with E-state index >= 15 is 0 Å². The molecule has 0 fully saturated rings. The van der Waals surface area contributed by atoms with Crippen LogP contribution >= 0.6 is 11.6 Å². The number of carbonyl (C=O) groups is 2. The van der Waals surface area contributed by atoms with E-state index in [1.54, 1.807) is 39.8 Å². The zero-order valence-corrected chi connectivity index (χ0v) is 13.6. The van der Waals surface area contributed by atoms with Gasteiger partial charge in [0.25, 0.3) is 5.91 Å². The van der Waals surface area contributed by atoms with Crippen LogP contribution < -0.4 is 10.1 Å². The van der Waals surface area contributed by atoms with E-state index in [0.717, 1.165) is 0 Å². The second-order valence-electron chi connectivity index (χ2n) is 5.57. The van der Waals surface area contributed by atoms with E-state index in [1.165, 1.54) is 13.2 Å². The van der Waals surface area contributed by atoms with Gasteiger partial charge in [0.05, 0.1) is 12.7 Å². The highest BCUT2D eigenvalue weighted by Gasteiger charge is 2.24. The number of methoxy groups -OCH3 is 1. The summed E-state index contributed by atoms with van der Waals surface area (Å²) in [6.45, 7) is 6.85. The van der Waals surface area contributed by atoms with Crippen molar-refractivity contribution in [1.82, 2.24) is 5.32 Å². The minimum atomic E-state index is -0.777. The summed E-state index contributed by atoms with van der Waals surface area (Å²) in [4.78, 5) is 24.1.